The van der Waals surface area contributed by atoms with E-state index in [-0.39, 0.29) is 18.7 Å². The number of hydrogen-bond donors (Lipinski definition) is 1. The molecule has 0 bridgehead atoms. The van der Waals surface area contributed by atoms with Crippen molar-refractivity contribution in [2.75, 3.05) is 26.3 Å². The number of amidine groups is 1. The Labute approximate surface area is 97.8 Å². The predicted octanol–water partition coefficient (Wildman–Crippen LogP) is 1.88. The summed E-state index contributed by atoms with van der Waals surface area (Å²) >= 11 is 0. The van der Waals surface area contributed by atoms with E-state index in [1.54, 1.807) is 0 Å². The van der Waals surface area contributed by atoms with E-state index in [9.17, 15) is 0 Å². The third-order valence-electron chi connectivity index (χ3n) is 2.30. The highest BCUT2D eigenvalue weighted by Crippen LogP contribution is 2.11. The van der Waals surface area contributed by atoms with Gasteiger partial charge in [-0.2, -0.15) is 0 Å². The van der Waals surface area contributed by atoms with Crippen LogP contribution in [0.5, 0.6) is 0 Å². The van der Waals surface area contributed by atoms with Crippen LogP contribution in [-0.2, 0) is 9.47 Å². The Bertz CT molecular complexity index is 184. The van der Waals surface area contributed by atoms with E-state index in [0.29, 0.717) is 19.8 Å². The Morgan fingerprint density at radius 1 is 1.33 bits per heavy atom. The number of ether oxygens (including phenoxy) is 2. The maximum absolute atomic E-state index is 7.68. The number of likely N-dealkylation sites (tertiary alicyclic amines) is 1. The first-order valence-electron chi connectivity index (χ1n) is 5.33. The van der Waals surface area contributed by atoms with Gasteiger partial charge >= 0.3 is 0 Å². The lowest BCUT2D eigenvalue weighted by Crippen LogP contribution is -2.36. The molecule has 5 heteroatoms. The lowest BCUT2D eigenvalue weighted by atomic mass is 10.4. The number of rotatable bonds is 6. The van der Waals surface area contributed by atoms with Crippen LogP contribution in [0.2, 0.25) is 0 Å². The highest BCUT2D eigenvalue weighted by molar-refractivity contribution is 5.85. The zero-order valence-corrected chi connectivity index (χ0v) is 10.3. The first-order valence-corrected chi connectivity index (χ1v) is 5.33. The molecular weight excluding hydrogens is 216 g/mol. The van der Waals surface area contributed by atoms with E-state index in [1.165, 1.54) is 0 Å². The normalized spacial score (nSPS) is 15.9. The molecule has 0 radical (unpaired) electrons. The number of hydrogen-bond acceptors (Lipinski definition) is 3. The van der Waals surface area contributed by atoms with Crippen molar-refractivity contribution in [1.82, 2.24) is 4.90 Å². The lowest BCUT2D eigenvalue weighted by Gasteiger charge is -2.24. The van der Waals surface area contributed by atoms with Gasteiger partial charge in [-0.05, 0) is 20.3 Å². The van der Waals surface area contributed by atoms with Crippen LogP contribution in [0.15, 0.2) is 0 Å². The molecule has 0 spiro atoms. The van der Waals surface area contributed by atoms with Crippen molar-refractivity contribution in [2.45, 2.75) is 33.0 Å². The van der Waals surface area contributed by atoms with Crippen molar-refractivity contribution in [3.63, 3.8) is 0 Å². The van der Waals surface area contributed by atoms with Crippen LogP contribution in [0.3, 0.4) is 0 Å². The molecule has 1 saturated heterocycles. The summed E-state index contributed by atoms with van der Waals surface area (Å²) in [6.45, 7) is 6.90. The zero-order valence-electron chi connectivity index (χ0n) is 9.49. The van der Waals surface area contributed by atoms with Gasteiger partial charge in [0.15, 0.2) is 6.29 Å². The van der Waals surface area contributed by atoms with Crippen molar-refractivity contribution < 1.29 is 9.47 Å². The number of nitrogens with one attached hydrogen (secondary N) is 1. The van der Waals surface area contributed by atoms with Gasteiger partial charge in [-0.1, -0.05) is 0 Å². The van der Waals surface area contributed by atoms with Gasteiger partial charge in [0, 0.05) is 26.2 Å². The molecule has 0 aromatic heterocycles. The number of halogens is 1. The Balaban J connectivity index is 0.00000196. The van der Waals surface area contributed by atoms with E-state index >= 15 is 0 Å². The topological polar surface area (TPSA) is 45.5 Å². The fourth-order valence-electron chi connectivity index (χ4n) is 1.64. The van der Waals surface area contributed by atoms with E-state index in [1.807, 2.05) is 18.7 Å². The van der Waals surface area contributed by atoms with Crippen LogP contribution >= 0.6 is 12.4 Å². The van der Waals surface area contributed by atoms with Gasteiger partial charge < -0.3 is 14.4 Å². The third kappa shape index (κ3) is 4.82. The second kappa shape index (κ2) is 7.91. The van der Waals surface area contributed by atoms with Crippen molar-refractivity contribution in [3.05, 3.63) is 0 Å². The van der Waals surface area contributed by atoms with Crippen molar-refractivity contribution in [3.8, 4) is 0 Å². The van der Waals surface area contributed by atoms with Gasteiger partial charge in [0.05, 0.1) is 12.4 Å². The van der Waals surface area contributed by atoms with Crippen LogP contribution in [0.25, 0.3) is 0 Å². The summed E-state index contributed by atoms with van der Waals surface area (Å²) in [6, 6.07) is 0. The van der Waals surface area contributed by atoms with Crippen molar-refractivity contribution in [1.29, 1.82) is 5.41 Å². The minimum absolute atomic E-state index is 0. The second-order valence-corrected chi connectivity index (χ2v) is 3.34. The molecule has 0 atom stereocenters. The van der Waals surface area contributed by atoms with E-state index in [2.05, 4.69) is 0 Å². The highest BCUT2D eigenvalue weighted by atomic mass is 35.5. The van der Waals surface area contributed by atoms with Crippen molar-refractivity contribution in [2.24, 2.45) is 0 Å². The van der Waals surface area contributed by atoms with Crippen LogP contribution in [0.4, 0.5) is 0 Å². The molecule has 1 N–H and O–H groups in total. The zero-order chi connectivity index (χ0) is 10.4. The number of nitrogens with zero attached hydrogens (tertiary/aromatic N) is 1. The van der Waals surface area contributed by atoms with Gasteiger partial charge in [-0.25, -0.2) is 0 Å². The molecule has 0 saturated carbocycles. The molecule has 0 aromatic rings. The maximum atomic E-state index is 7.68. The SMILES string of the molecule is CCOC(CN1CCCC1=N)OCC.Cl. The Morgan fingerprint density at radius 3 is 2.33 bits per heavy atom. The minimum atomic E-state index is -0.177. The first-order chi connectivity index (χ1) is 6.77. The molecule has 0 unspecified atom stereocenters. The van der Waals surface area contributed by atoms with Crippen molar-refractivity contribution >= 4 is 18.2 Å². The molecule has 0 aliphatic carbocycles. The van der Waals surface area contributed by atoms with Crippen LogP contribution in [-0.4, -0.2) is 43.3 Å². The Hall–Kier alpha value is -0.320. The monoisotopic (exact) mass is 236 g/mol. The fourth-order valence-corrected chi connectivity index (χ4v) is 1.64. The summed E-state index contributed by atoms with van der Waals surface area (Å²) in [7, 11) is 0. The Kier molecular flexibility index (Phi) is 7.74. The summed E-state index contributed by atoms with van der Waals surface area (Å²) in [5.74, 6) is 0.717. The van der Waals surface area contributed by atoms with Gasteiger partial charge in [-0.15, -0.1) is 12.4 Å². The largest absolute Gasteiger partial charge is 0.355 e. The summed E-state index contributed by atoms with van der Waals surface area (Å²) in [5.41, 5.74) is 0. The van der Waals surface area contributed by atoms with Gasteiger partial charge in [0.1, 0.15) is 0 Å². The predicted molar refractivity (Wildman–Crippen MR) is 62.8 cm³/mol. The fraction of sp³-hybridized carbons (Fsp3) is 0.900. The summed E-state index contributed by atoms with van der Waals surface area (Å²) in [6.07, 6.45) is 1.80. The standard InChI is InChI=1S/C10H20N2O2.ClH/c1-3-13-10(14-4-2)8-12-7-5-6-9(12)11;/h10-11H,3-8H2,1-2H3;1H. The average Bonchev–Trinajstić information content (AvgIpc) is 2.53. The Morgan fingerprint density at radius 2 is 1.93 bits per heavy atom. The third-order valence-corrected chi connectivity index (χ3v) is 2.30. The molecule has 1 aliphatic heterocycles. The second-order valence-electron chi connectivity index (χ2n) is 3.34. The van der Waals surface area contributed by atoms with Crippen LogP contribution < -0.4 is 0 Å². The van der Waals surface area contributed by atoms with E-state index < -0.39 is 0 Å². The smallest absolute Gasteiger partial charge is 0.174 e. The van der Waals surface area contributed by atoms with E-state index in [0.717, 1.165) is 25.2 Å². The molecule has 1 heterocycles. The van der Waals surface area contributed by atoms with Gasteiger partial charge in [-0.3, -0.25) is 5.41 Å². The average molecular weight is 237 g/mol. The highest BCUT2D eigenvalue weighted by Gasteiger charge is 2.20. The molecule has 0 aromatic carbocycles. The molecule has 15 heavy (non-hydrogen) atoms. The molecule has 4 nitrogen and oxygen atoms in total. The maximum Gasteiger partial charge on any atom is 0.174 e. The minimum Gasteiger partial charge on any atom is -0.355 e. The molecule has 1 fully saturated rings. The molecule has 1 rings (SSSR count). The van der Waals surface area contributed by atoms with Gasteiger partial charge in [0.2, 0.25) is 0 Å². The molecule has 90 valence electrons. The van der Waals surface area contributed by atoms with E-state index in [4.69, 9.17) is 14.9 Å². The molecular formula is C10H21ClN2O2. The van der Waals surface area contributed by atoms with Gasteiger partial charge in [0.25, 0.3) is 0 Å². The quantitative estimate of drug-likeness (QED) is 0.717. The first kappa shape index (κ1) is 14.7. The van der Waals surface area contributed by atoms with Crippen LogP contribution in [0.1, 0.15) is 26.7 Å². The summed E-state index contributed by atoms with van der Waals surface area (Å²) in [5, 5.41) is 7.68. The molecule has 1 aliphatic rings. The molecule has 0 amide bonds. The lowest BCUT2D eigenvalue weighted by molar-refractivity contribution is -0.141. The summed E-state index contributed by atoms with van der Waals surface area (Å²) in [4.78, 5) is 2.04. The van der Waals surface area contributed by atoms with Crippen LogP contribution in [0, 0.1) is 5.41 Å². The summed E-state index contributed by atoms with van der Waals surface area (Å²) < 4.78 is 10.9.